The smallest absolute Gasteiger partial charge is 0.161 e. The molecule has 0 spiro atoms. The Balaban J connectivity index is 1.94. The average molecular weight is 378 g/mol. The second-order valence-corrected chi connectivity index (χ2v) is 6.62. The van der Waals surface area contributed by atoms with Crippen molar-refractivity contribution < 1.29 is 19.3 Å². The molecule has 1 aliphatic heterocycles. The average Bonchev–Trinajstić information content (AvgIpc) is 2.69. The third-order valence-corrected chi connectivity index (χ3v) is 5.09. The van der Waals surface area contributed by atoms with Gasteiger partial charge in [0.2, 0.25) is 0 Å². The van der Waals surface area contributed by atoms with E-state index in [-0.39, 0.29) is 18.8 Å². The molecule has 0 aromatic heterocycles. The van der Waals surface area contributed by atoms with Crippen LogP contribution in [0, 0.1) is 0 Å². The van der Waals surface area contributed by atoms with Crippen LogP contribution in [0.1, 0.15) is 17.2 Å². The molecule has 0 radical (unpaired) electrons. The monoisotopic (exact) mass is 377 g/mol. The lowest BCUT2D eigenvalue weighted by Crippen LogP contribution is -2.46. The summed E-state index contributed by atoms with van der Waals surface area (Å²) in [5.74, 6) is 1.33. The fourth-order valence-corrected chi connectivity index (χ4v) is 3.62. The zero-order valence-corrected chi connectivity index (χ0v) is 15.8. The standard InChI is InChI=1S/C20H24ClNO4/c1-24-17-8-7-14(11-18(17)25-2)20-19(13-23)26-10-9-22(20)12-15-5-3-4-6-16(15)21/h3-8,11,19-20,23H,9-10,12-13H2,1-2H3/t19-,20-/m1/s1. The van der Waals surface area contributed by atoms with Crippen molar-refractivity contribution in [3.05, 3.63) is 58.6 Å². The number of morpholine rings is 1. The summed E-state index contributed by atoms with van der Waals surface area (Å²) in [6.07, 6.45) is -0.315. The summed E-state index contributed by atoms with van der Waals surface area (Å²) in [4.78, 5) is 2.28. The Hall–Kier alpha value is -1.79. The largest absolute Gasteiger partial charge is 0.493 e. The van der Waals surface area contributed by atoms with E-state index in [9.17, 15) is 5.11 Å². The molecular weight excluding hydrogens is 354 g/mol. The van der Waals surface area contributed by atoms with Gasteiger partial charge < -0.3 is 19.3 Å². The van der Waals surface area contributed by atoms with Gasteiger partial charge in [-0.3, -0.25) is 4.90 Å². The molecule has 2 aromatic rings. The van der Waals surface area contributed by atoms with Crippen molar-refractivity contribution in [2.45, 2.75) is 18.7 Å². The van der Waals surface area contributed by atoms with Gasteiger partial charge in [0.05, 0.1) is 33.5 Å². The molecule has 1 heterocycles. The predicted octanol–water partition coefficient (Wildman–Crippen LogP) is 3.29. The van der Waals surface area contributed by atoms with Crippen molar-refractivity contribution in [1.29, 1.82) is 0 Å². The van der Waals surface area contributed by atoms with Gasteiger partial charge in [-0.05, 0) is 29.3 Å². The quantitative estimate of drug-likeness (QED) is 0.837. The fraction of sp³-hybridized carbons (Fsp3) is 0.400. The summed E-state index contributed by atoms with van der Waals surface area (Å²) in [6.45, 7) is 1.94. The van der Waals surface area contributed by atoms with E-state index in [2.05, 4.69) is 4.90 Å². The SMILES string of the molecule is COc1ccc([C@@H]2[C@@H](CO)OCCN2Cc2ccccc2Cl)cc1OC. The lowest BCUT2D eigenvalue weighted by Gasteiger charge is -2.41. The maximum absolute atomic E-state index is 9.85. The maximum Gasteiger partial charge on any atom is 0.161 e. The van der Waals surface area contributed by atoms with E-state index in [0.29, 0.717) is 24.7 Å². The van der Waals surface area contributed by atoms with Crippen molar-refractivity contribution >= 4 is 11.6 Å². The van der Waals surface area contributed by atoms with Crippen molar-refractivity contribution in [2.24, 2.45) is 0 Å². The van der Waals surface area contributed by atoms with Gasteiger partial charge in [0.15, 0.2) is 11.5 Å². The lowest BCUT2D eigenvalue weighted by molar-refractivity contribution is -0.0960. The first kappa shape index (κ1) is 19.0. The zero-order valence-electron chi connectivity index (χ0n) is 15.0. The number of aliphatic hydroxyl groups is 1. The highest BCUT2D eigenvalue weighted by atomic mass is 35.5. The molecule has 0 bridgehead atoms. The number of hydrogen-bond donors (Lipinski definition) is 1. The van der Waals surface area contributed by atoms with Crippen LogP contribution >= 0.6 is 11.6 Å². The molecule has 6 heteroatoms. The van der Waals surface area contributed by atoms with E-state index < -0.39 is 0 Å². The highest BCUT2D eigenvalue weighted by Crippen LogP contribution is 2.36. The predicted molar refractivity (Wildman–Crippen MR) is 101 cm³/mol. The normalized spacial score (nSPS) is 20.8. The minimum Gasteiger partial charge on any atom is -0.493 e. The van der Waals surface area contributed by atoms with Crippen molar-refractivity contribution in [3.8, 4) is 11.5 Å². The highest BCUT2D eigenvalue weighted by molar-refractivity contribution is 6.31. The van der Waals surface area contributed by atoms with Crippen LogP contribution in [0.2, 0.25) is 5.02 Å². The third-order valence-electron chi connectivity index (χ3n) is 4.72. The Labute approximate surface area is 159 Å². The number of aliphatic hydroxyl groups excluding tert-OH is 1. The van der Waals surface area contributed by atoms with E-state index in [1.807, 2.05) is 42.5 Å². The van der Waals surface area contributed by atoms with Crippen LogP contribution in [0.3, 0.4) is 0 Å². The zero-order chi connectivity index (χ0) is 18.5. The Morgan fingerprint density at radius 2 is 1.92 bits per heavy atom. The number of rotatable bonds is 6. The second kappa shape index (κ2) is 8.73. The lowest BCUT2D eigenvalue weighted by atomic mass is 9.97. The summed E-state index contributed by atoms with van der Waals surface area (Å²) in [5, 5.41) is 10.6. The second-order valence-electron chi connectivity index (χ2n) is 6.21. The van der Waals surface area contributed by atoms with Crippen molar-refractivity contribution in [1.82, 2.24) is 4.90 Å². The first-order chi connectivity index (χ1) is 12.7. The number of halogens is 1. The highest BCUT2D eigenvalue weighted by Gasteiger charge is 2.34. The van der Waals surface area contributed by atoms with E-state index in [4.69, 9.17) is 25.8 Å². The van der Waals surface area contributed by atoms with E-state index in [1.165, 1.54) is 0 Å². The van der Waals surface area contributed by atoms with E-state index >= 15 is 0 Å². The summed E-state index contributed by atoms with van der Waals surface area (Å²) in [7, 11) is 3.23. The summed E-state index contributed by atoms with van der Waals surface area (Å²) >= 11 is 6.35. The first-order valence-electron chi connectivity index (χ1n) is 8.59. The molecule has 2 atom stereocenters. The summed E-state index contributed by atoms with van der Waals surface area (Å²) in [6, 6.07) is 13.5. The molecule has 3 rings (SSSR count). The topological polar surface area (TPSA) is 51.2 Å². The minimum atomic E-state index is -0.315. The van der Waals surface area contributed by atoms with Gasteiger partial charge in [-0.15, -0.1) is 0 Å². The molecule has 1 aliphatic rings. The van der Waals surface area contributed by atoms with Gasteiger partial charge in [0.25, 0.3) is 0 Å². The first-order valence-corrected chi connectivity index (χ1v) is 8.97. The Bertz CT molecular complexity index is 740. The molecular formula is C20H24ClNO4. The fourth-order valence-electron chi connectivity index (χ4n) is 3.42. The van der Waals surface area contributed by atoms with Crippen LogP contribution in [0.4, 0.5) is 0 Å². The molecule has 140 valence electrons. The van der Waals surface area contributed by atoms with Crippen LogP contribution in [-0.4, -0.2) is 50.1 Å². The van der Waals surface area contributed by atoms with Gasteiger partial charge in [-0.2, -0.15) is 0 Å². The molecule has 1 saturated heterocycles. The molecule has 0 unspecified atom stereocenters. The minimum absolute atomic E-state index is 0.0575. The number of nitrogens with zero attached hydrogens (tertiary/aromatic N) is 1. The van der Waals surface area contributed by atoms with Gasteiger partial charge >= 0.3 is 0 Å². The Kier molecular flexibility index (Phi) is 6.38. The number of ether oxygens (including phenoxy) is 3. The Morgan fingerprint density at radius 3 is 2.62 bits per heavy atom. The van der Waals surface area contributed by atoms with Gasteiger partial charge in [-0.25, -0.2) is 0 Å². The van der Waals surface area contributed by atoms with Crippen molar-refractivity contribution in [2.75, 3.05) is 34.0 Å². The van der Waals surface area contributed by atoms with Crippen LogP contribution in [0.5, 0.6) is 11.5 Å². The Morgan fingerprint density at radius 1 is 1.15 bits per heavy atom. The van der Waals surface area contributed by atoms with Gasteiger partial charge in [-0.1, -0.05) is 35.9 Å². The number of benzene rings is 2. The molecule has 1 N–H and O–H groups in total. The van der Waals surface area contributed by atoms with E-state index in [1.54, 1.807) is 14.2 Å². The molecule has 0 amide bonds. The number of methoxy groups -OCH3 is 2. The maximum atomic E-state index is 9.85. The molecule has 26 heavy (non-hydrogen) atoms. The molecule has 0 aliphatic carbocycles. The van der Waals surface area contributed by atoms with Crippen LogP contribution in [-0.2, 0) is 11.3 Å². The van der Waals surface area contributed by atoms with Crippen molar-refractivity contribution in [3.63, 3.8) is 0 Å². The van der Waals surface area contributed by atoms with Crippen LogP contribution in [0.25, 0.3) is 0 Å². The molecule has 2 aromatic carbocycles. The van der Waals surface area contributed by atoms with Gasteiger partial charge in [0, 0.05) is 18.1 Å². The van der Waals surface area contributed by atoms with Crippen LogP contribution in [0.15, 0.2) is 42.5 Å². The van der Waals surface area contributed by atoms with Crippen LogP contribution < -0.4 is 9.47 Å². The third kappa shape index (κ3) is 3.96. The van der Waals surface area contributed by atoms with E-state index in [0.717, 1.165) is 22.7 Å². The molecule has 1 fully saturated rings. The van der Waals surface area contributed by atoms with Gasteiger partial charge in [0.1, 0.15) is 6.10 Å². The summed E-state index contributed by atoms with van der Waals surface area (Å²) < 4.78 is 16.6. The molecule has 5 nitrogen and oxygen atoms in total. The molecule has 0 saturated carbocycles. The number of hydrogen-bond acceptors (Lipinski definition) is 5. The summed E-state index contributed by atoms with van der Waals surface area (Å²) in [5.41, 5.74) is 2.06.